The average Bonchev–Trinajstić information content (AvgIpc) is 2.66. The fourth-order valence-electron chi connectivity index (χ4n) is 2.71. The van der Waals surface area contributed by atoms with Crippen molar-refractivity contribution in [3.8, 4) is 0 Å². The fourth-order valence-corrected chi connectivity index (χ4v) is 3.59. The number of halogens is 2. The minimum atomic E-state index is -2.99. The molecule has 0 bridgehead atoms. The first kappa shape index (κ1) is 20.0. The van der Waals surface area contributed by atoms with E-state index in [2.05, 4.69) is 22.1 Å². The lowest BCUT2D eigenvalue weighted by molar-refractivity contribution is 0.0995. The minimum Gasteiger partial charge on any atom is -0.355 e. The Morgan fingerprint density at radius 2 is 1.64 bits per heavy atom. The van der Waals surface area contributed by atoms with Crippen LogP contribution >= 0.6 is 11.8 Å². The Hall–Kier alpha value is -2.73. The van der Waals surface area contributed by atoms with Crippen LogP contribution in [-0.4, -0.2) is 16.7 Å². The van der Waals surface area contributed by atoms with Crippen LogP contribution in [0.1, 0.15) is 31.9 Å². The Morgan fingerprint density at radius 3 is 2.32 bits per heavy atom. The van der Waals surface area contributed by atoms with Gasteiger partial charge in [-0.1, -0.05) is 66.9 Å². The summed E-state index contributed by atoms with van der Waals surface area (Å²) in [4.78, 5) is 0.891. The molecule has 144 valence electrons. The molecule has 0 unspecified atom stereocenters. The summed E-state index contributed by atoms with van der Waals surface area (Å²) < 4.78 is 26.6. The second-order valence-electron chi connectivity index (χ2n) is 6.51. The summed E-state index contributed by atoms with van der Waals surface area (Å²) in [6.45, 7) is 7.99. The number of para-hydroxylation sites is 1. The standard InChI is InChI=1S/C22H21F2N3S/c1-14-21(28-16(3)27-26-15(2)22(4,23)24)20(17-10-6-5-7-11-17)18-12-8-9-13-19(18)25-14/h5-13,25H,1H2,2-4H3/b26-15+,27-16+. The summed E-state index contributed by atoms with van der Waals surface area (Å²) in [6, 6.07) is 18.0. The third kappa shape index (κ3) is 4.39. The number of thioether (sulfide) groups is 1. The third-order valence-corrected chi connectivity index (χ3v) is 5.30. The van der Waals surface area contributed by atoms with Gasteiger partial charge >= 0.3 is 0 Å². The van der Waals surface area contributed by atoms with Crippen LogP contribution in [-0.2, 0) is 0 Å². The summed E-state index contributed by atoms with van der Waals surface area (Å²) in [5.74, 6) is -2.99. The summed E-state index contributed by atoms with van der Waals surface area (Å²) in [5.41, 5.74) is 4.52. The maximum Gasteiger partial charge on any atom is 0.284 e. The van der Waals surface area contributed by atoms with E-state index < -0.39 is 5.92 Å². The molecule has 0 saturated carbocycles. The quantitative estimate of drug-likeness (QED) is 0.360. The molecule has 1 N–H and O–H groups in total. The van der Waals surface area contributed by atoms with Gasteiger partial charge in [-0.3, -0.25) is 0 Å². The molecule has 1 aliphatic heterocycles. The van der Waals surface area contributed by atoms with E-state index in [0.29, 0.717) is 5.04 Å². The molecule has 0 atom stereocenters. The van der Waals surface area contributed by atoms with Crippen LogP contribution in [0.4, 0.5) is 14.5 Å². The Labute approximate surface area is 168 Å². The van der Waals surface area contributed by atoms with Crippen molar-refractivity contribution in [2.24, 2.45) is 10.2 Å². The molecule has 0 fully saturated rings. The van der Waals surface area contributed by atoms with E-state index in [1.807, 2.05) is 54.6 Å². The van der Waals surface area contributed by atoms with E-state index >= 15 is 0 Å². The van der Waals surface area contributed by atoms with Crippen molar-refractivity contribution in [1.29, 1.82) is 0 Å². The molecule has 6 heteroatoms. The lowest BCUT2D eigenvalue weighted by Gasteiger charge is -2.26. The first-order valence-electron chi connectivity index (χ1n) is 8.78. The van der Waals surface area contributed by atoms with Gasteiger partial charge in [0.1, 0.15) is 5.71 Å². The molecule has 1 aliphatic rings. The zero-order chi connectivity index (χ0) is 20.3. The number of benzene rings is 2. The largest absolute Gasteiger partial charge is 0.355 e. The molecule has 0 aliphatic carbocycles. The van der Waals surface area contributed by atoms with E-state index in [9.17, 15) is 8.78 Å². The molecule has 1 heterocycles. The molecular formula is C22H21F2N3S. The number of hydrogen-bond donors (Lipinski definition) is 1. The molecule has 0 spiro atoms. The van der Waals surface area contributed by atoms with Crippen LogP contribution in [0.2, 0.25) is 0 Å². The molecule has 0 saturated heterocycles. The summed E-state index contributed by atoms with van der Waals surface area (Å²) in [7, 11) is 0. The van der Waals surface area contributed by atoms with Gasteiger partial charge in [0, 0.05) is 34.3 Å². The first-order valence-corrected chi connectivity index (χ1v) is 9.59. The SMILES string of the molecule is C=C1Nc2ccccc2C(c2ccccc2)=C1S/C(C)=N/N=C(\C)C(C)(F)F. The Morgan fingerprint density at radius 1 is 1.00 bits per heavy atom. The Bertz CT molecular complexity index is 986. The normalized spacial score (nSPS) is 15.4. The van der Waals surface area contributed by atoms with Gasteiger partial charge in [-0.05, 0) is 25.5 Å². The van der Waals surface area contributed by atoms with Crippen molar-refractivity contribution >= 4 is 33.8 Å². The second-order valence-corrected chi connectivity index (χ2v) is 7.72. The van der Waals surface area contributed by atoms with Crippen molar-refractivity contribution < 1.29 is 8.78 Å². The van der Waals surface area contributed by atoms with Crippen molar-refractivity contribution in [2.45, 2.75) is 26.7 Å². The zero-order valence-electron chi connectivity index (χ0n) is 16.0. The molecule has 0 aromatic heterocycles. The van der Waals surface area contributed by atoms with E-state index in [1.165, 1.54) is 18.7 Å². The number of alkyl halides is 2. The van der Waals surface area contributed by atoms with Crippen molar-refractivity contribution in [3.05, 3.63) is 82.9 Å². The van der Waals surface area contributed by atoms with Crippen molar-refractivity contribution in [1.82, 2.24) is 0 Å². The predicted octanol–water partition coefficient (Wildman–Crippen LogP) is 6.57. The van der Waals surface area contributed by atoms with Gasteiger partial charge in [-0.25, -0.2) is 8.78 Å². The number of hydrogen-bond acceptors (Lipinski definition) is 4. The van der Waals surface area contributed by atoms with E-state index in [4.69, 9.17) is 0 Å². The van der Waals surface area contributed by atoms with Gasteiger partial charge in [0.15, 0.2) is 0 Å². The molecule has 0 amide bonds. The van der Waals surface area contributed by atoms with Gasteiger partial charge in [-0.2, -0.15) is 5.10 Å². The molecule has 0 radical (unpaired) electrons. The lowest BCUT2D eigenvalue weighted by Crippen LogP contribution is -2.20. The Balaban J connectivity index is 2.07. The van der Waals surface area contributed by atoms with Crippen LogP contribution in [0, 0.1) is 0 Å². The van der Waals surface area contributed by atoms with Crippen LogP contribution in [0.5, 0.6) is 0 Å². The van der Waals surface area contributed by atoms with Gasteiger partial charge in [0.25, 0.3) is 5.92 Å². The topological polar surface area (TPSA) is 36.8 Å². The molecule has 3 nitrogen and oxygen atoms in total. The fraction of sp³-hybridized carbons (Fsp3) is 0.182. The van der Waals surface area contributed by atoms with Gasteiger partial charge in [-0.15, -0.1) is 5.10 Å². The highest BCUT2D eigenvalue weighted by Crippen LogP contribution is 2.43. The first-order chi connectivity index (χ1) is 13.3. The maximum atomic E-state index is 13.3. The monoisotopic (exact) mass is 397 g/mol. The number of nitrogens with one attached hydrogen (secondary N) is 1. The molecule has 2 aromatic carbocycles. The van der Waals surface area contributed by atoms with E-state index in [-0.39, 0.29) is 5.71 Å². The van der Waals surface area contributed by atoms with E-state index in [0.717, 1.165) is 39.9 Å². The smallest absolute Gasteiger partial charge is 0.284 e. The van der Waals surface area contributed by atoms with E-state index in [1.54, 1.807) is 6.92 Å². The summed E-state index contributed by atoms with van der Waals surface area (Å²) in [6.07, 6.45) is 0. The number of nitrogens with zero attached hydrogens (tertiary/aromatic N) is 2. The molecule has 28 heavy (non-hydrogen) atoms. The van der Waals surface area contributed by atoms with Gasteiger partial charge in [0.05, 0.1) is 5.04 Å². The number of anilines is 1. The average molecular weight is 397 g/mol. The van der Waals surface area contributed by atoms with Crippen molar-refractivity contribution in [3.63, 3.8) is 0 Å². The van der Waals surface area contributed by atoms with Crippen molar-refractivity contribution in [2.75, 3.05) is 5.32 Å². The van der Waals surface area contributed by atoms with Crippen LogP contribution in [0.25, 0.3) is 5.57 Å². The molecule has 2 aromatic rings. The predicted molar refractivity (Wildman–Crippen MR) is 116 cm³/mol. The summed E-state index contributed by atoms with van der Waals surface area (Å²) in [5, 5.41) is 11.5. The highest BCUT2D eigenvalue weighted by molar-refractivity contribution is 8.17. The lowest BCUT2D eigenvalue weighted by atomic mass is 9.93. The minimum absolute atomic E-state index is 0.323. The maximum absolute atomic E-state index is 13.3. The number of rotatable bonds is 4. The Kier molecular flexibility index (Phi) is 5.79. The zero-order valence-corrected chi connectivity index (χ0v) is 16.8. The highest BCUT2D eigenvalue weighted by atomic mass is 32.2. The van der Waals surface area contributed by atoms with Gasteiger partial charge in [0.2, 0.25) is 0 Å². The summed E-state index contributed by atoms with van der Waals surface area (Å²) >= 11 is 1.36. The second kappa shape index (κ2) is 8.10. The highest BCUT2D eigenvalue weighted by Gasteiger charge is 2.26. The van der Waals surface area contributed by atoms with Crippen LogP contribution in [0.15, 0.2) is 82.0 Å². The van der Waals surface area contributed by atoms with Crippen LogP contribution in [0.3, 0.4) is 0 Å². The number of fused-ring (bicyclic) bond motifs is 1. The molecular weight excluding hydrogens is 376 g/mol. The van der Waals surface area contributed by atoms with Gasteiger partial charge < -0.3 is 5.32 Å². The third-order valence-electron chi connectivity index (χ3n) is 4.27. The van der Waals surface area contributed by atoms with Crippen LogP contribution < -0.4 is 5.32 Å². The molecule has 3 rings (SSSR count).